The van der Waals surface area contributed by atoms with Crippen molar-refractivity contribution in [2.75, 3.05) is 39.3 Å². The number of piperazine rings is 1. The van der Waals surface area contributed by atoms with E-state index in [0.29, 0.717) is 6.04 Å². The van der Waals surface area contributed by atoms with Crippen molar-refractivity contribution in [1.82, 2.24) is 15.1 Å². The van der Waals surface area contributed by atoms with Gasteiger partial charge in [-0.25, -0.2) is 8.78 Å². The van der Waals surface area contributed by atoms with Gasteiger partial charge in [-0.2, -0.15) is 0 Å². The lowest BCUT2D eigenvalue weighted by atomic mass is 10.1. The third-order valence-corrected chi connectivity index (χ3v) is 4.55. The van der Waals surface area contributed by atoms with Crippen molar-refractivity contribution < 1.29 is 8.78 Å². The molecule has 2 saturated heterocycles. The Bertz CT molecular complexity index is 443. The average molecular weight is 295 g/mol. The monoisotopic (exact) mass is 295 g/mol. The Morgan fingerprint density at radius 2 is 1.81 bits per heavy atom. The van der Waals surface area contributed by atoms with E-state index in [1.807, 2.05) is 12.1 Å². The number of hydrogen-bond donors (Lipinski definition) is 1. The second kappa shape index (κ2) is 6.81. The normalized spacial score (nSPS) is 24.8. The van der Waals surface area contributed by atoms with Crippen LogP contribution >= 0.6 is 0 Å². The molecule has 3 rings (SSSR count). The van der Waals surface area contributed by atoms with Gasteiger partial charge in [0.15, 0.2) is 0 Å². The fourth-order valence-electron chi connectivity index (χ4n) is 3.33. The quantitative estimate of drug-likeness (QED) is 0.918. The third kappa shape index (κ3) is 3.78. The van der Waals surface area contributed by atoms with Crippen LogP contribution in [0.1, 0.15) is 24.0 Å². The third-order valence-electron chi connectivity index (χ3n) is 4.55. The van der Waals surface area contributed by atoms with Crippen LogP contribution in [0.5, 0.6) is 0 Å². The summed E-state index contributed by atoms with van der Waals surface area (Å²) in [4.78, 5) is 5.01. The molecular weight excluding hydrogens is 272 g/mol. The summed E-state index contributed by atoms with van der Waals surface area (Å²) in [5, 5.41) is 3.39. The number of nitrogens with zero attached hydrogens (tertiary/aromatic N) is 2. The molecule has 3 nitrogen and oxygen atoms in total. The molecule has 21 heavy (non-hydrogen) atoms. The van der Waals surface area contributed by atoms with Gasteiger partial charge in [-0.05, 0) is 12.0 Å². The minimum atomic E-state index is -2.37. The smallest absolute Gasteiger partial charge is 0.263 e. The van der Waals surface area contributed by atoms with E-state index in [4.69, 9.17) is 0 Å². The summed E-state index contributed by atoms with van der Waals surface area (Å²) >= 11 is 0. The molecule has 0 radical (unpaired) electrons. The zero-order valence-corrected chi connectivity index (χ0v) is 12.3. The number of alkyl halides is 2. The standard InChI is InChI=1S/C16H23F2N3/c17-16(18)14-3-1-13(2-4-14)11-20-8-5-15(12-20)21-9-6-19-7-10-21/h1-4,15-16,19H,5-12H2. The molecule has 1 atom stereocenters. The summed E-state index contributed by atoms with van der Waals surface area (Å²) < 4.78 is 25.1. The molecule has 0 spiro atoms. The molecule has 0 saturated carbocycles. The van der Waals surface area contributed by atoms with Gasteiger partial charge in [0, 0.05) is 57.4 Å². The highest BCUT2D eigenvalue weighted by Gasteiger charge is 2.28. The van der Waals surface area contributed by atoms with Gasteiger partial charge >= 0.3 is 0 Å². The molecule has 0 aromatic heterocycles. The minimum absolute atomic E-state index is 0.110. The van der Waals surface area contributed by atoms with Crippen molar-refractivity contribution in [3.8, 4) is 0 Å². The van der Waals surface area contributed by atoms with Crippen LogP contribution in [0.4, 0.5) is 8.78 Å². The summed E-state index contributed by atoms with van der Waals surface area (Å²) in [7, 11) is 0. The minimum Gasteiger partial charge on any atom is -0.314 e. The number of halogens is 2. The zero-order valence-electron chi connectivity index (χ0n) is 12.3. The molecule has 116 valence electrons. The van der Waals surface area contributed by atoms with E-state index in [1.54, 1.807) is 12.1 Å². The highest BCUT2D eigenvalue weighted by molar-refractivity contribution is 5.23. The first-order valence-corrected chi connectivity index (χ1v) is 7.76. The number of nitrogens with one attached hydrogen (secondary N) is 1. The van der Waals surface area contributed by atoms with E-state index in [9.17, 15) is 8.78 Å². The lowest BCUT2D eigenvalue weighted by Gasteiger charge is -2.32. The van der Waals surface area contributed by atoms with E-state index in [0.717, 1.165) is 51.4 Å². The molecule has 0 aliphatic carbocycles. The Labute approximate surface area is 124 Å². The van der Waals surface area contributed by atoms with Gasteiger partial charge in [-0.15, -0.1) is 0 Å². The molecule has 1 N–H and O–H groups in total. The van der Waals surface area contributed by atoms with Gasteiger partial charge in [0.05, 0.1) is 0 Å². The summed E-state index contributed by atoms with van der Waals surface area (Å²) in [5.41, 5.74) is 1.24. The van der Waals surface area contributed by atoms with Gasteiger partial charge < -0.3 is 5.32 Å². The fraction of sp³-hybridized carbons (Fsp3) is 0.625. The second-order valence-corrected chi connectivity index (χ2v) is 6.01. The van der Waals surface area contributed by atoms with Crippen LogP contribution in [0.25, 0.3) is 0 Å². The maximum atomic E-state index is 12.5. The highest BCUT2D eigenvalue weighted by Crippen LogP contribution is 2.21. The first-order valence-electron chi connectivity index (χ1n) is 7.76. The van der Waals surface area contributed by atoms with Crippen molar-refractivity contribution in [1.29, 1.82) is 0 Å². The molecule has 2 fully saturated rings. The fourth-order valence-corrected chi connectivity index (χ4v) is 3.33. The lowest BCUT2D eigenvalue weighted by Crippen LogP contribution is -2.49. The number of likely N-dealkylation sites (tertiary alicyclic amines) is 1. The van der Waals surface area contributed by atoms with Gasteiger partial charge in [0.1, 0.15) is 0 Å². The Hall–Kier alpha value is -1.04. The van der Waals surface area contributed by atoms with Crippen LogP contribution in [0.2, 0.25) is 0 Å². The van der Waals surface area contributed by atoms with Gasteiger partial charge in [0.2, 0.25) is 0 Å². The van der Waals surface area contributed by atoms with E-state index in [1.165, 1.54) is 6.42 Å². The van der Waals surface area contributed by atoms with Gasteiger partial charge in [-0.1, -0.05) is 24.3 Å². The molecule has 1 aromatic carbocycles. The van der Waals surface area contributed by atoms with Crippen molar-refractivity contribution in [3.05, 3.63) is 35.4 Å². The topological polar surface area (TPSA) is 18.5 Å². The number of rotatable bonds is 4. The number of benzene rings is 1. The summed E-state index contributed by atoms with van der Waals surface area (Å²) in [5.74, 6) is 0. The summed E-state index contributed by atoms with van der Waals surface area (Å²) in [6, 6.07) is 7.42. The molecule has 2 aliphatic heterocycles. The molecule has 5 heteroatoms. The Morgan fingerprint density at radius 3 is 2.48 bits per heavy atom. The maximum Gasteiger partial charge on any atom is 0.263 e. The van der Waals surface area contributed by atoms with Gasteiger partial charge in [0.25, 0.3) is 6.43 Å². The SMILES string of the molecule is FC(F)c1ccc(CN2CCC(N3CCNCC3)C2)cc1. The van der Waals surface area contributed by atoms with Crippen LogP contribution < -0.4 is 5.32 Å². The molecule has 2 heterocycles. The first-order chi connectivity index (χ1) is 10.2. The molecular formula is C16H23F2N3. The Balaban J connectivity index is 1.52. The maximum absolute atomic E-state index is 12.5. The van der Waals surface area contributed by atoms with Crippen LogP contribution in [0.15, 0.2) is 24.3 Å². The Kier molecular flexibility index (Phi) is 4.83. The van der Waals surface area contributed by atoms with Crippen LogP contribution in [-0.4, -0.2) is 55.1 Å². The Morgan fingerprint density at radius 1 is 1.10 bits per heavy atom. The number of hydrogen-bond acceptors (Lipinski definition) is 3. The van der Waals surface area contributed by atoms with Crippen molar-refractivity contribution in [2.24, 2.45) is 0 Å². The second-order valence-electron chi connectivity index (χ2n) is 6.01. The zero-order chi connectivity index (χ0) is 14.7. The van der Waals surface area contributed by atoms with E-state index in [-0.39, 0.29) is 5.56 Å². The van der Waals surface area contributed by atoms with E-state index < -0.39 is 6.43 Å². The highest BCUT2D eigenvalue weighted by atomic mass is 19.3. The molecule has 2 aliphatic rings. The molecule has 1 aromatic rings. The predicted molar refractivity (Wildman–Crippen MR) is 79.5 cm³/mol. The van der Waals surface area contributed by atoms with Gasteiger partial charge in [-0.3, -0.25) is 9.80 Å². The van der Waals surface area contributed by atoms with Crippen LogP contribution in [0, 0.1) is 0 Å². The molecule has 1 unspecified atom stereocenters. The van der Waals surface area contributed by atoms with Crippen molar-refractivity contribution in [3.63, 3.8) is 0 Å². The first kappa shape index (κ1) is 14.9. The average Bonchev–Trinajstić information content (AvgIpc) is 2.97. The van der Waals surface area contributed by atoms with Crippen LogP contribution in [0.3, 0.4) is 0 Å². The van der Waals surface area contributed by atoms with Crippen LogP contribution in [-0.2, 0) is 6.54 Å². The largest absolute Gasteiger partial charge is 0.314 e. The van der Waals surface area contributed by atoms with Crippen molar-refractivity contribution >= 4 is 0 Å². The van der Waals surface area contributed by atoms with Crippen molar-refractivity contribution in [2.45, 2.75) is 25.4 Å². The predicted octanol–water partition coefficient (Wildman–Crippen LogP) is 2.10. The van der Waals surface area contributed by atoms with E-state index in [2.05, 4.69) is 15.1 Å². The molecule has 0 bridgehead atoms. The summed E-state index contributed by atoms with van der Waals surface area (Å²) in [6.07, 6.45) is -1.15. The summed E-state index contributed by atoms with van der Waals surface area (Å²) in [6.45, 7) is 7.52. The molecule has 0 amide bonds. The van der Waals surface area contributed by atoms with E-state index >= 15 is 0 Å². The lowest BCUT2D eigenvalue weighted by molar-refractivity contribution is 0.151.